The van der Waals surface area contributed by atoms with E-state index in [0.717, 1.165) is 47.1 Å². The lowest BCUT2D eigenvalue weighted by Crippen LogP contribution is -2.39. The van der Waals surface area contributed by atoms with Crippen LogP contribution in [0.5, 0.6) is 0 Å². The maximum absolute atomic E-state index is 14.3. The number of rotatable bonds is 5. The summed E-state index contributed by atoms with van der Waals surface area (Å²) < 4.78 is 45.5. The summed E-state index contributed by atoms with van der Waals surface area (Å²) >= 11 is 0. The molecule has 0 aliphatic carbocycles. The maximum Gasteiger partial charge on any atom is 0.157 e. The van der Waals surface area contributed by atoms with Gasteiger partial charge >= 0.3 is 0 Å². The molecule has 0 atom stereocenters. The molecule has 5 rings (SSSR count). The normalized spacial score (nSPS) is 19.1. The third-order valence-electron chi connectivity index (χ3n) is 6.81. The van der Waals surface area contributed by atoms with E-state index in [1.165, 1.54) is 6.07 Å². The fourth-order valence-electron chi connectivity index (χ4n) is 4.64. The van der Waals surface area contributed by atoms with Gasteiger partial charge in [-0.2, -0.15) is 0 Å². The van der Waals surface area contributed by atoms with Gasteiger partial charge in [0, 0.05) is 39.1 Å². The highest BCUT2D eigenvalue weighted by Gasteiger charge is 2.25. The summed E-state index contributed by atoms with van der Waals surface area (Å²) in [6.07, 6.45) is 0.491. The first-order valence-corrected chi connectivity index (χ1v) is 13.5. The summed E-state index contributed by atoms with van der Waals surface area (Å²) in [7, 11) is -2.96. The van der Waals surface area contributed by atoms with Crippen LogP contribution in [-0.4, -0.2) is 78.8 Å². The van der Waals surface area contributed by atoms with Crippen molar-refractivity contribution in [3.05, 3.63) is 58.2 Å². The largest absolute Gasteiger partial charge is 0.378 e. The van der Waals surface area contributed by atoms with Crippen LogP contribution in [0.4, 0.5) is 10.2 Å². The molecular formula is C24H30FN5O3S. The minimum Gasteiger partial charge on any atom is -0.378 e. The molecule has 34 heavy (non-hydrogen) atoms. The van der Waals surface area contributed by atoms with Crippen LogP contribution in [-0.2, 0) is 27.5 Å². The van der Waals surface area contributed by atoms with Crippen molar-refractivity contribution in [2.75, 3.05) is 55.8 Å². The number of anilines is 1. The van der Waals surface area contributed by atoms with Gasteiger partial charge in [0.1, 0.15) is 11.6 Å². The Morgan fingerprint density at radius 3 is 2.56 bits per heavy atom. The molecule has 8 nitrogen and oxygen atoms in total. The van der Waals surface area contributed by atoms with Gasteiger partial charge < -0.3 is 9.64 Å². The number of benzene rings is 1. The van der Waals surface area contributed by atoms with Crippen molar-refractivity contribution in [3.63, 3.8) is 0 Å². The SMILES string of the molecule is Cc1c(F)cccc1Cc1c(CN2CCS(=O)(=O)CC2)nc2c(C)cc(N3CCOCC3)nn12. The Morgan fingerprint density at radius 1 is 1.09 bits per heavy atom. The first kappa shape index (κ1) is 23.2. The molecule has 2 saturated heterocycles. The number of aromatic nitrogens is 3. The van der Waals surface area contributed by atoms with E-state index in [4.69, 9.17) is 14.8 Å². The Bertz CT molecular complexity index is 1300. The van der Waals surface area contributed by atoms with E-state index in [0.29, 0.717) is 44.8 Å². The van der Waals surface area contributed by atoms with Gasteiger partial charge in [-0.1, -0.05) is 12.1 Å². The lowest BCUT2D eigenvalue weighted by atomic mass is 10.0. The van der Waals surface area contributed by atoms with Crippen LogP contribution in [0.2, 0.25) is 0 Å². The molecule has 2 aliphatic heterocycles. The molecule has 2 aromatic heterocycles. The van der Waals surface area contributed by atoms with E-state index < -0.39 is 9.84 Å². The number of nitrogens with zero attached hydrogens (tertiary/aromatic N) is 5. The first-order valence-electron chi connectivity index (χ1n) is 11.7. The van der Waals surface area contributed by atoms with Gasteiger partial charge in [0.15, 0.2) is 15.5 Å². The summed E-state index contributed by atoms with van der Waals surface area (Å²) in [6.45, 7) is 8.22. The van der Waals surface area contributed by atoms with Crippen molar-refractivity contribution < 1.29 is 17.5 Å². The van der Waals surface area contributed by atoms with Crippen LogP contribution in [0.15, 0.2) is 24.3 Å². The van der Waals surface area contributed by atoms with Crippen LogP contribution < -0.4 is 4.90 Å². The predicted octanol–water partition coefficient (Wildman–Crippen LogP) is 2.14. The van der Waals surface area contributed by atoms with Crippen molar-refractivity contribution in [2.24, 2.45) is 0 Å². The first-order chi connectivity index (χ1) is 16.3. The fourth-order valence-corrected chi connectivity index (χ4v) is 5.91. The Hall–Kier alpha value is -2.56. The molecule has 4 heterocycles. The van der Waals surface area contributed by atoms with E-state index in [9.17, 15) is 12.8 Å². The molecule has 0 saturated carbocycles. The standard InChI is InChI=1S/C24H30FN5O3S/c1-17-14-23(29-6-10-33-11-7-29)27-30-22(15-19-4-3-5-20(25)18(19)2)21(26-24(17)30)16-28-8-12-34(31,32)13-9-28/h3-5,14H,6-13,15-16H2,1-2H3. The average Bonchev–Trinajstić information content (AvgIpc) is 3.16. The third-order valence-corrected chi connectivity index (χ3v) is 8.42. The smallest absolute Gasteiger partial charge is 0.157 e. The molecule has 0 unspecified atom stereocenters. The van der Waals surface area contributed by atoms with Crippen LogP contribution in [0.3, 0.4) is 0 Å². The number of aryl methyl sites for hydroxylation is 1. The topological polar surface area (TPSA) is 80.0 Å². The molecule has 3 aromatic rings. The van der Waals surface area contributed by atoms with Crippen molar-refractivity contribution in [1.82, 2.24) is 19.5 Å². The number of hydrogen-bond donors (Lipinski definition) is 0. The average molecular weight is 488 g/mol. The van der Waals surface area contributed by atoms with Crippen molar-refractivity contribution in [2.45, 2.75) is 26.8 Å². The molecule has 2 aliphatic rings. The van der Waals surface area contributed by atoms with Crippen LogP contribution in [0, 0.1) is 19.7 Å². The molecule has 0 amide bonds. The zero-order chi connectivity index (χ0) is 23.9. The quantitative estimate of drug-likeness (QED) is 0.546. The van der Waals surface area contributed by atoms with E-state index in [1.54, 1.807) is 13.0 Å². The van der Waals surface area contributed by atoms with Gasteiger partial charge in [-0.25, -0.2) is 22.3 Å². The Kier molecular flexibility index (Phi) is 6.30. The second-order valence-electron chi connectivity index (χ2n) is 9.15. The molecule has 0 N–H and O–H groups in total. The monoisotopic (exact) mass is 487 g/mol. The van der Waals surface area contributed by atoms with Gasteiger partial charge in [0.2, 0.25) is 0 Å². The molecule has 0 bridgehead atoms. The lowest BCUT2D eigenvalue weighted by molar-refractivity contribution is 0.122. The van der Waals surface area contributed by atoms with Gasteiger partial charge in [0.05, 0.1) is 36.1 Å². The highest BCUT2D eigenvalue weighted by Crippen LogP contribution is 2.25. The van der Waals surface area contributed by atoms with E-state index in [2.05, 4.69) is 15.9 Å². The number of halogens is 1. The number of imidazole rings is 1. The highest BCUT2D eigenvalue weighted by molar-refractivity contribution is 7.91. The zero-order valence-electron chi connectivity index (χ0n) is 19.6. The van der Waals surface area contributed by atoms with E-state index >= 15 is 0 Å². The van der Waals surface area contributed by atoms with E-state index in [1.807, 2.05) is 17.5 Å². The Balaban J connectivity index is 1.57. The van der Waals surface area contributed by atoms with Crippen LogP contribution in [0.1, 0.15) is 28.1 Å². The molecular weight excluding hydrogens is 457 g/mol. The maximum atomic E-state index is 14.3. The molecule has 1 aromatic carbocycles. The van der Waals surface area contributed by atoms with Crippen molar-refractivity contribution in [3.8, 4) is 0 Å². The number of fused-ring (bicyclic) bond motifs is 1. The van der Waals surface area contributed by atoms with Gasteiger partial charge in [0.25, 0.3) is 0 Å². The Morgan fingerprint density at radius 2 is 1.82 bits per heavy atom. The molecule has 10 heteroatoms. The summed E-state index contributed by atoms with van der Waals surface area (Å²) in [4.78, 5) is 9.29. The third kappa shape index (κ3) is 4.67. The Labute approximate surface area is 199 Å². The number of sulfone groups is 1. The fraction of sp³-hybridized carbons (Fsp3) is 0.500. The number of hydrogen-bond acceptors (Lipinski definition) is 7. The second-order valence-corrected chi connectivity index (χ2v) is 11.5. The summed E-state index contributed by atoms with van der Waals surface area (Å²) in [5, 5.41) is 4.96. The van der Waals surface area contributed by atoms with Crippen LogP contribution in [0.25, 0.3) is 5.65 Å². The van der Waals surface area contributed by atoms with Gasteiger partial charge in [-0.15, -0.1) is 5.10 Å². The molecule has 182 valence electrons. The van der Waals surface area contributed by atoms with Crippen molar-refractivity contribution in [1.29, 1.82) is 0 Å². The molecule has 0 spiro atoms. The molecule has 0 radical (unpaired) electrons. The van der Waals surface area contributed by atoms with Crippen molar-refractivity contribution >= 4 is 21.3 Å². The molecule has 2 fully saturated rings. The summed E-state index contributed by atoms with van der Waals surface area (Å²) in [5.74, 6) is 0.972. The second kappa shape index (κ2) is 9.24. The van der Waals surface area contributed by atoms with E-state index in [-0.39, 0.29) is 17.3 Å². The summed E-state index contributed by atoms with van der Waals surface area (Å²) in [6, 6.07) is 7.20. The highest BCUT2D eigenvalue weighted by atomic mass is 32.2. The van der Waals surface area contributed by atoms with Gasteiger partial charge in [-0.3, -0.25) is 4.90 Å². The lowest BCUT2D eigenvalue weighted by Gasteiger charge is -2.28. The zero-order valence-corrected chi connectivity index (χ0v) is 20.4. The minimum absolute atomic E-state index is 0.164. The summed E-state index contributed by atoms with van der Waals surface area (Å²) in [5.41, 5.74) is 5.07. The van der Waals surface area contributed by atoms with Crippen LogP contribution >= 0.6 is 0 Å². The van der Waals surface area contributed by atoms with Gasteiger partial charge in [-0.05, 0) is 42.7 Å². The number of morpholine rings is 1. The number of ether oxygens (including phenoxy) is 1. The predicted molar refractivity (Wildman–Crippen MR) is 129 cm³/mol. The minimum atomic E-state index is -2.96.